The average molecular weight is 476 g/mol. The topological polar surface area (TPSA) is 96.3 Å². The quantitative estimate of drug-likeness (QED) is 0.350. The molecule has 0 aromatic heterocycles. The van der Waals surface area contributed by atoms with Gasteiger partial charge in [-0.1, -0.05) is 60.7 Å². The van der Waals surface area contributed by atoms with Gasteiger partial charge in [0.2, 0.25) is 0 Å². The molecular formula is C28H29NO6. The van der Waals surface area contributed by atoms with Crippen molar-refractivity contribution in [1.82, 2.24) is 5.06 Å². The van der Waals surface area contributed by atoms with Crippen LogP contribution in [0.3, 0.4) is 0 Å². The first kappa shape index (κ1) is 24.3. The monoisotopic (exact) mass is 475 g/mol. The normalized spacial score (nSPS) is 13.7. The van der Waals surface area contributed by atoms with Crippen LogP contribution in [0.15, 0.2) is 72.8 Å². The molecule has 3 aromatic carbocycles. The number of phenols is 1. The maximum absolute atomic E-state index is 12.8. The Kier molecular flexibility index (Phi) is 6.80. The first-order chi connectivity index (χ1) is 16.6. The van der Waals surface area contributed by atoms with Gasteiger partial charge >= 0.3 is 12.1 Å². The van der Waals surface area contributed by atoms with Gasteiger partial charge in [-0.05, 0) is 60.7 Å². The summed E-state index contributed by atoms with van der Waals surface area (Å²) in [7, 11) is 0. The smallest absolute Gasteiger partial charge is 0.508 e. The Morgan fingerprint density at radius 2 is 1.46 bits per heavy atom. The minimum atomic E-state index is -1.15. The van der Waals surface area contributed by atoms with E-state index >= 15 is 0 Å². The van der Waals surface area contributed by atoms with Crippen LogP contribution in [0.2, 0.25) is 0 Å². The molecule has 0 amide bonds. The van der Waals surface area contributed by atoms with Crippen LogP contribution in [0.25, 0.3) is 11.1 Å². The summed E-state index contributed by atoms with van der Waals surface area (Å²) in [5.41, 5.74) is 4.24. The van der Waals surface area contributed by atoms with E-state index in [4.69, 9.17) is 9.57 Å². The zero-order valence-electron chi connectivity index (χ0n) is 20.0. The van der Waals surface area contributed by atoms with Gasteiger partial charge in [-0.2, -0.15) is 0 Å². The summed E-state index contributed by atoms with van der Waals surface area (Å²) in [6.07, 6.45) is -0.887. The van der Waals surface area contributed by atoms with Crippen LogP contribution in [0.4, 0.5) is 4.79 Å². The third-order valence-corrected chi connectivity index (χ3v) is 6.10. The molecular weight excluding hydrogens is 446 g/mol. The van der Waals surface area contributed by atoms with E-state index in [-0.39, 0.29) is 24.7 Å². The van der Waals surface area contributed by atoms with Crippen molar-refractivity contribution >= 4 is 12.1 Å². The fraction of sp³-hybridized carbons (Fsp3) is 0.286. The van der Waals surface area contributed by atoms with Gasteiger partial charge in [0.05, 0.1) is 0 Å². The molecule has 0 saturated heterocycles. The van der Waals surface area contributed by atoms with Gasteiger partial charge in [-0.15, -0.1) is 5.06 Å². The van der Waals surface area contributed by atoms with Crippen LogP contribution in [0, 0.1) is 0 Å². The number of ether oxygens (including phenoxy) is 1. The molecule has 0 spiro atoms. The van der Waals surface area contributed by atoms with E-state index in [0.29, 0.717) is 5.56 Å². The number of hydroxylamine groups is 2. The highest BCUT2D eigenvalue weighted by molar-refractivity contribution is 5.79. The molecule has 2 N–H and O–H groups in total. The minimum absolute atomic E-state index is 0.0700. The molecule has 7 heteroatoms. The third-order valence-electron chi connectivity index (χ3n) is 6.10. The Bertz CT molecular complexity index is 1170. The highest BCUT2D eigenvalue weighted by Crippen LogP contribution is 2.44. The summed E-state index contributed by atoms with van der Waals surface area (Å²) in [6, 6.07) is 21.1. The van der Waals surface area contributed by atoms with Crippen molar-refractivity contribution < 1.29 is 29.4 Å². The number of nitrogens with zero attached hydrogens (tertiary/aromatic N) is 1. The number of benzene rings is 3. The highest BCUT2D eigenvalue weighted by Gasteiger charge is 2.38. The van der Waals surface area contributed by atoms with Gasteiger partial charge in [0, 0.05) is 17.9 Å². The lowest BCUT2D eigenvalue weighted by Gasteiger charge is -2.37. The molecule has 182 valence electrons. The SMILES string of the molecule is CC(C)(C)N(OC(=O)OCC1c2ccccc2-c2ccccc21)[C@H](Cc1ccc(O)cc1)C(=O)O. The average Bonchev–Trinajstić information content (AvgIpc) is 3.14. The second-order valence-electron chi connectivity index (χ2n) is 9.60. The number of fused-ring (bicyclic) bond motifs is 3. The van der Waals surface area contributed by atoms with Crippen molar-refractivity contribution in [2.45, 2.75) is 44.7 Å². The second kappa shape index (κ2) is 9.80. The summed E-state index contributed by atoms with van der Waals surface area (Å²) in [5.74, 6) is -1.19. The van der Waals surface area contributed by atoms with Crippen molar-refractivity contribution in [3.05, 3.63) is 89.5 Å². The van der Waals surface area contributed by atoms with E-state index < -0.39 is 23.7 Å². The van der Waals surface area contributed by atoms with E-state index in [9.17, 15) is 19.8 Å². The Labute approximate surface area is 204 Å². The maximum atomic E-state index is 12.8. The van der Waals surface area contributed by atoms with Crippen LogP contribution in [-0.2, 0) is 20.8 Å². The van der Waals surface area contributed by atoms with Gasteiger partial charge < -0.3 is 19.8 Å². The maximum Gasteiger partial charge on any atom is 0.527 e. The number of carboxylic acids is 1. The van der Waals surface area contributed by atoms with Gasteiger partial charge in [-0.25, -0.2) is 4.79 Å². The summed E-state index contributed by atoms with van der Waals surface area (Å²) in [6.45, 7) is 5.35. The van der Waals surface area contributed by atoms with Crippen molar-refractivity contribution in [3.8, 4) is 16.9 Å². The number of aliphatic carboxylic acids is 1. The molecule has 1 aliphatic carbocycles. The fourth-order valence-corrected chi connectivity index (χ4v) is 4.49. The molecule has 0 unspecified atom stereocenters. The number of aromatic hydroxyl groups is 1. The molecule has 0 saturated carbocycles. The van der Waals surface area contributed by atoms with Crippen molar-refractivity contribution in [3.63, 3.8) is 0 Å². The minimum Gasteiger partial charge on any atom is -0.508 e. The molecule has 35 heavy (non-hydrogen) atoms. The molecule has 7 nitrogen and oxygen atoms in total. The van der Waals surface area contributed by atoms with Crippen LogP contribution >= 0.6 is 0 Å². The Balaban J connectivity index is 1.49. The molecule has 0 bridgehead atoms. The second-order valence-corrected chi connectivity index (χ2v) is 9.60. The van der Waals surface area contributed by atoms with E-state index in [2.05, 4.69) is 12.1 Å². The number of hydrogen-bond acceptors (Lipinski definition) is 6. The molecule has 0 aliphatic heterocycles. The van der Waals surface area contributed by atoms with Gasteiger partial charge in [0.15, 0.2) is 0 Å². The van der Waals surface area contributed by atoms with Gasteiger partial charge in [-0.3, -0.25) is 4.79 Å². The number of carbonyl (C=O) groups is 2. The fourth-order valence-electron chi connectivity index (χ4n) is 4.49. The number of phenolic OH excluding ortho intramolecular Hbond substituents is 1. The number of carboxylic acid groups (broad SMARTS) is 1. The van der Waals surface area contributed by atoms with Gasteiger partial charge in [0.25, 0.3) is 0 Å². The molecule has 0 heterocycles. The van der Waals surface area contributed by atoms with Crippen LogP contribution in [0.5, 0.6) is 5.75 Å². The molecule has 4 rings (SSSR count). The largest absolute Gasteiger partial charge is 0.527 e. The lowest BCUT2D eigenvalue weighted by Crippen LogP contribution is -2.53. The number of carbonyl (C=O) groups excluding carboxylic acids is 1. The summed E-state index contributed by atoms with van der Waals surface area (Å²) >= 11 is 0. The van der Waals surface area contributed by atoms with Gasteiger partial charge in [0.1, 0.15) is 18.4 Å². The molecule has 0 radical (unpaired) electrons. The third kappa shape index (κ3) is 5.30. The van der Waals surface area contributed by atoms with Crippen molar-refractivity contribution in [2.24, 2.45) is 0 Å². The van der Waals surface area contributed by atoms with Crippen LogP contribution < -0.4 is 0 Å². The first-order valence-corrected chi connectivity index (χ1v) is 11.5. The predicted octanol–water partition coefficient (Wildman–Crippen LogP) is 5.37. The van der Waals surface area contributed by atoms with Crippen molar-refractivity contribution in [2.75, 3.05) is 6.61 Å². The van der Waals surface area contributed by atoms with Crippen molar-refractivity contribution in [1.29, 1.82) is 0 Å². The van der Waals surface area contributed by atoms with E-state index in [1.165, 1.54) is 17.2 Å². The zero-order valence-corrected chi connectivity index (χ0v) is 20.0. The highest BCUT2D eigenvalue weighted by atomic mass is 16.8. The summed E-state index contributed by atoms with van der Waals surface area (Å²) < 4.78 is 5.53. The van der Waals surface area contributed by atoms with Crippen LogP contribution in [-0.4, -0.2) is 45.6 Å². The lowest BCUT2D eigenvalue weighted by molar-refractivity contribution is -0.211. The Morgan fingerprint density at radius 3 is 1.97 bits per heavy atom. The Hall–Kier alpha value is -3.84. The predicted molar refractivity (Wildman–Crippen MR) is 131 cm³/mol. The molecule has 1 atom stereocenters. The number of hydrogen-bond donors (Lipinski definition) is 2. The van der Waals surface area contributed by atoms with E-state index in [0.717, 1.165) is 22.3 Å². The molecule has 0 fully saturated rings. The summed E-state index contributed by atoms with van der Waals surface area (Å²) in [5, 5.41) is 20.6. The van der Waals surface area contributed by atoms with E-state index in [1.807, 2.05) is 36.4 Å². The standard InChI is InChI=1S/C28H29NO6/c1-28(2,3)29(25(26(31)32)16-18-12-14-19(30)15-13-18)35-27(33)34-17-24-22-10-6-4-8-20(22)21-9-5-7-11-23(21)24/h4-15,24-25,30H,16-17H2,1-3H3,(H,31,32)/t25-/m1/s1. The zero-order chi connectivity index (χ0) is 25.2. The lowest BCUT2D eigenvalue weighted by atomic mass is 9.98. The summed E-state index contributed by atoms with van der Waals surface area (Å²) in [4.78, 5) is 30.5. The van der Waals surface area contributed by atoms with Crippen LogP contribution in [0.1, 0.15) is 43.4 Å². The first-order valence-electron chi connectivity index (χ1n) is 11.5. The molecule has 1 aliphatic rings. The van der Waals surface area contributed by atoms with E-state index in [1.54, 1.807) is 32.9 Å². The number of rotatable bonds is 7. The Morgan fingerprint density at radius 1 is 0.914 bits per heavy atom. The molecule has 3 aromatic rings.